The third-order valence-corrected chi connectivity index (χ3v) is 17.6. The van der Waals surface area contributed by atoms with Crippen LogP contribution in [0.4, 0.5) is 5.69 Å². The maximum atomic E-state index is 14.6. The second kappa shape index (κ2) is 28.1. The SMILES string of the molecule is CC[C@H]1OC(=O)[C@H](C)[C@@H](O[C@H]2C[C@@](C)(OC)[C@H](NC(=O)CCOCCOCCNc3cc4c(=O)c(C(=O)O)cn(C5CC5)c4cc3Cl)[C@H](C)O2)[C@H](C)[C@@H](O[C@@H]2O[C@H](C)C[C@H](N(C)C)[C@H]2O)[C@](C)(O)C[C@@H](C)CN(C)[C@H](C)[C@@H](O)[C@]1(C)O. The van der Waals surface area contributed by atoms with Crippen LogP contribution in [0.3, 0.4) is 0 Å². The number of ether oxygens (including phenoxy) is 8. The van der Waals surface area contributed by atoms with E-state index in [0.717, 1.165) is 12.8 Å². The second-order valence-electron chi connectivity index (χ2n) is 24.3. The minimum Gasteiger partial charge on any atom is -0.477 e. The molecule has 1 aromatic carbocycles. The van der Waals surface area contributed by atoms with Crippen molar-refractivity contribution in [2.24, 2.45) is 17.8 Å². The Hall–Kier alpha value is -3.59. The average Bonchev–Trinajstić information content (AvgIpc) is 4.44. The Bertz CT molecular complexity index is 2500. The van der Waals surface area contributed by atoms with E-state index in [0.29, 0.717) is 35.7 Å². The van der Waals surface area contributed by atoms with Crippen LogP contribution in [0.15, 0.2) is 23.1 Å². The number of hydrogen-bond donors (Lipinski definition) is 7. The number of carboxylic acids is 1. The van der Waals surface area contributed by atoms with Gasteiger partial charge in [-0.2, -0.15) is 0 Å². The van der Waals surface area contributed by atoms with Crippen LogP contribution in [-0.4, -0.2) is 216 Å². The Morgan fingerprint density at radius 2 is 1.60 bits per heavy atom. The number of likely N-dealkylation sites (N-methyl/N-ethyl adjacent to an activating group) is 2. The molecule has 0 radical (unpaired) electrons. The monoisotopic (exact) mass is 1170 g/mol. The number of halogens is 1. The van der Waals surface area contributed by atoms with Crippen LogP contribution in [0.5, 0.6) is 0 Å². The minimum absolute atomic E-state index is 0.0154. The van der Waals surface area contributed by atoms with Gasteiger partial charge in [-0.3, -0.25) is 14.4 Å². The number of carboxylic acid groups (broad SMARTS) is 1. The van der Waals surface area contributed by atoms with Gasteiger partial charge in [0.15, 0.2) is 12.6 Å². The van der Waals surface area contributed by atoms with Crippen molar-refractivity contribution in [3.63, 3.8) is 0 Å². The zero-order chi connectivity index (χ0) is 60.1. The number of esters is 1. The number of methoxy groups -OCH3 is 1. The summed E-state index contributed by atoms with van der Waals surface area (Å²) < 4.78 is 52.2. The molecule has 0 spiro atoms. The molecule has 6 rings (SSSR count). The molecule has 0 bridgehead atoms. The highest BCUT2D eigenvalue weighted by molar-refractivity contribution is 6.34. The lowest BCUT2D eigenvalue weighted by Crippen LogP contribution is -2.64. The van der Waals surface area contributed by atoms with Crippen LogP contribution < -0.4 is 16.1 Å². The van der Waals surface area contributed by atoms with E-state index < -0.39 is 107 Å². The van der Waals surface area contributed by atoms with E-state index in [2.05, 4.69) is 10.6 Å². The largest absolute Gasteiger partial charge is 0.477 e. The summed E-state index contributed by atoms with van der Waals surface area (Å²) in [5.41, 5.74) is -4.37. The van der Waals surface area contributed by atoms with Gasteiger partial charge in [0.2, 0.25) is 11.3 Å². The van der Waals surface area contributed by atoms with Gasteiger partial charge in [0.25, 0.3) is 0 Å². The summed E-state index contributed by atoms with van der Waals surface area (Å²) in [7, 11) is 7.10. The summed E-state index contributed by atoms with van der Waals surface area (Å²) in [5, 5.41) is 64.7. The van der Waals surface area contributed by atoms with Crippen molar-refractivity contribution in [3.8, 4) is 0 Å². The quantitative estimate of drug-likeness (QED) is 0.0707. The van der Waals surface area contributed by atoms with Crippen LogP contribution in [-0.2, 0) is 47.5 Å². The van der Waals surface area contributed by atoms with Gasteiger partial charge in [0, 0.05) is 68.7 Å². The number of nitrogens with zero attached hydrogens (tertiary/aromatic N) is 3. The van der Waals surface area contributed by atoms with Gasteiger partial charge in [-0.15, -0.1) is 0 Å². The van der Waals surface area contributed by atoms with Crippen LogP contribution in [0.25, 0.3) is 10.9 Å². The van der Waals surface area contributed by atoms with Gasteiger partial charge >= 0.3 is 11.9 Å². The van der Waals surface area contributed by atoms with Gasteiger partial charge < -0.3 is 88.4 Å². The first-order valence-electron chi connectivity index (χ1n) is 28.8. The highest BCUT2D eigenvalue weighted by Gasteiger charge is 2.53. The summed E-state index contributed by atoms with van der Waals surface area (Å²) in [6.45, 7) is 19.1. The Balaban J connectivity index is 1.10. The lowest BCUT2D eigenvalue weighted by atomic mass is 9.77. The Kier molecular flexibility index (Phi) is 23.1. The summed E-state index contributed by atoms with van der Waals surface area (Å²) >= 11 is 6.59. The number of aromatic carboxylic acids is 1. The molecule has 460 valence electrons. The third-order valence-electron chi connectivity index (χ3n) is 17.3. The molecular formula is C58H94ClN5O17. The van der Waals surface area contributed by atoms with Gasteiger partial charge in [-0.05, 0) is 120 Å². The molecule has 7 N–H and O–H groups in total. The fourth-order valence-electron chi connectivity index (χ4n) is 12.3. The third kappa shape index (κ3) is 16.0. The molecule has 1 amide bonds. The molecule has 0 unspecified atom stereocenters. The van der Waals surface area contributed by atoms with E-state index >= 15 is 0 Å². The number of aliphatic hydroxyl groups is 4. The number of pyridine rings is 1. The number of aliphatic hydroxyl groups excluding tert-OH is 2. The molecular weight excluding hydrogens is 1070 g/mol. The number of carbonyl (C=O) groups excluding carboxylic acids is 2. The lowest BCUT2D eigenvalue weighted by Gasteiger charge is -2.49. The summed E-state index contributed by atoms with van der Waals surface area (Å²) in [6, 6.07) is 1.81. The number of benzene rings is 1. The molecule has 1 saturated carbocycles. The summed E-state index contributed by atoms with van der Waals surface area (Å²) in [6.07, 6.45) is -4.83. The van der Waals surface area contributed by atoms with E-state index in [1.165, 1.54) is 20.2 Å². The highest BCUT2D eigenvalue weighted by Crippen LogP contribution is 2.42. The molecule has 4 aliphatic rings. The minimum atomic E-state index is -1.86. The molecule has 23 heteroatoms. The van der Waals surface area contributed by atoms with Gasteiger partial charge in [0.05, 0.1) is 90.2 Å². The normalized spacial score (nSPS) is 36.9. The number of carbonyl (C=O) groups is 3. The maximum Gasteiger partial charge on any atom is 0.341 e. The van der Waals surface area contributed by atoms with Crippen molar-refractivity contribution >= 4 is 46.0 Å². The first-order valence-corrected chi connectivity index (χ1v) is 29.2. The Morgan fingerprint density at radius 1 is 0.938 bits per heavy atom. The van der Waals surface area contributed by atoms with Crippen LogP contribution in [0.2, 0.25) is 5.02 Å². The predicted octanol–water partition coefficient (Wildman–Crippen LogP) is 4.56. The van der Waals surface area contributed by atoms with Crippen molar-refractivity contribution in [1.82, 2.24) is 19.7 Å². The average molecular weight is 1170 g/mol. The molecule has 81 heavy (non-hydrogen) atoms. The number of aromatic nitrogens is 1. The van der Waals surface area contributed by atoms with E-state index in [4.69, 9.17) is 49.5 Å². The molecule has 3 aliphatic heterocycles. The van der Waals surface area contributed by atoms with Crippen LogP contribution >= 0.6 is 11.6 Å². The van der Waals surface area contributed by atoms with Crippen molar-refractivity contribution < 1.29 is 77.8 Å². The van der Waals surface area contributed by atoms with Crippen LogP contribution in [0.1, 0.15) is 131 Å². The number of anilines is 1. The topological polar surface area (TPSA) is 279 Å². The summed E-state index contributed by atoms with van der Waals surface area (Å²) in [5.74, 6) is -4.46. The van der Waals surface area contributed by atoms with E-state index in [-0.39, 0.29) is 93.1 Å². The maximum absolute atomic E-state index is 14.6. The van der Waals surface area contributed by atoms with Crippen molar-refractivity contribution in [2.75, 3.05) is 73.1 Å². The first-order chi connectivity index (χ1) is 38.0. The number of nitrogens with one attached hydrogen (secondary N) is 2. The van der Waals surface area contributed by atoms with Gasteiger partial charge in [0.1, 0.15) is 29.5 Å². The number of rotatable bonds is 20. The number of cyclic esters (lactones) is 1. The molecule has 3 saturated heterocycles. The van der Waals surface area contributed by atoms with E-state index in [1.807, 2.05) is 56.3 Å². The molecule has 1 aliphatic carbocycles. The fourth-order valence-corrected chi connectivity index (χ4v) is 12.6. The molecule has 18 atom stereocenters. The molecule has 2 aromatic rings. The number of amides is 1. The highest BCUT2D eigenvalue weighted by atomic mass is 35.5. The van der Waals surface area contributed by atoms with Gasteiger partial charge in [-0.1, -0.05) is 32.4 Å². The predicted molar refractivity (Wildman–Crippen MR) is 303 cm³/mol. The van der Waals surface area contributed by atoms with E-state index in [9.17, 15) is 44.7 Å². The van der Waals surface area contributed by atoms with Crippen molar-refractivity contribution in [3.05, 3.63) is 39.1 Å². The van der Waals surface area contributed by atoms with Crippen LogP contribution in [0, 0.1) is 17.8 Å². The zero-order valence-corrected chi connectivity index (χ0v) is 50.8. The van der Waals surface area contributed by atoms with Crippen molar-refractivity contribution in [2.45, 2.75) is 210 Å². The van der Waals surface area contributed by atoms with Gasteiger partial charge in [-0.25, -0.2) is 4.79 Å². The molecule has 1 aromatic heterocycles. The summed E-state index contributed by atoms with van der Waals surface area (Å²) in [4.78, 5) is 56.8. The first kappa shape index (κ1) is 66.5. The van der Waals surface area contributed by atoms with E-state index in [1.54, 1.807) is 53.7 Å². The second-order valence-corrected chi connectivity index (χ2v) is 24.7. The molecule has 22 nitrogen and oxygen atoms in total. The zero-order valence-electron chi connectivity index (χ0n) is 50.0. The smallest absolute Gasteiger partial charge is 0.341 e. The Labute approximate surface area is 482 Å². The number of fused-ring (bicyclic) bond motifs is 1. The van der Waals surface area contributed by atoms with Crippen molar-refractivity contribution in [1.29, 1.82) is 0 Å². The lowest BCUT2D eigenvalue weighted by molar-refractivity contribution is -0.311. The molecule has 4 fully saturated rings. The Morgan fingerprint density at radius 3 is 2.22 bits per heavy atom. The fraction of sp³-hybridized carbons (Fsp3) is 0.793. The number of hydrogen-bond acceptors (Lipinski definition) is 19. The molecule has 4 heterocycles. The standard InChI is InChI=1S/C58H94ClN5O17/c1-15-44-58(10,73)51(68)35(6)63(13)29-31(2)27-56(8,72)52(81-55-48(67)43(62(11)12)24-32(3)77-55)33(4)49(34(5)54(71)79-44)80-46-28-57(9,74-14)50(36(7)78-46)61-45(65)18-20-75-22-23-76-21-19-60-41-25-38-42(26-40(41)59)64(37-16-17-37)30-39(47(38)66)53(69)70/h25-26,30-37,43-44,46,48-52,55,60,67-68,72-73H,15-24,27-29H2,1-14H3,(H,61,65)(H,69,70)/t31-,32-,33+,34-,35-,36+,43+,44-,46+,48-,49+,50-,51-,52-,55+,56-,57-,58-/m1/s1.